The van der Waals surface area contributed by atoms with Crippen molar-refractivity contribution in [3.63, 3.8) is 0 Å². The topological polar surface area (TPSA) is 6.48 Å². The van der Waals surface area contributed by atoms with Gasteiger partial charge in [-0.3, -0.25) is 4.90 Å². The van der Waals surface area contributed by atoms with E-state index < -0.39 is 0 Å². The molecule has 0 aliphatic carbocycles. The van der Waals surface area contributed by atoms with E-state index in [1.165, 1.54) is 12.1 Å². The Labute approximate surface area is 95.4 Å². The smallest absolute Gasteiger partial charge is 0.0426 e. The Bertz CT molecular complexity index is 368. The Hall–Kier alpha value is -0.730. The number of piperazine rings is 1. The molecule has 80 valence electrons. The van der Waals surface area contributed by atoms with E-state index in [4.69, 9.17) is 11.6 Å². The van der Waals surface area contributed by atoms with Crippen molar-refractivity contribution in [1.29, 1.82) is 0 Å². The maximum absolute atomic E-state index is 6.00. The number of likely N-dealkylation sites (N-methyl/N-ethyl adjacent to an activating group) is 1. The van der Waals surface area contributed by atoms with E-state index >= 15 is 0 Å². The molecule has 3 heterocycles. The Kier molecular flexibility index (Phi) is 2.15. The molecule has 0 N–H and O–H groups in total. The van der Waals surface area contributed by atoms with Gasteiger partial charge in [0.25, 0.3) is 0 Å². The Morgan fingerprint density at radius 3 is 2.60 bits per heavy atom. The van der Waals surface area contributed by atoms with Crippen molar-refractivity contribution >= 4 is 17.3 Å². The van der Waals surface area contributed by atoms with Crippen LogP contribution in [0.5, 0.6) is 0 Å². The summed E-state index contributed by atoms with van der Waals surface area (Å²) in [5.41, 5.74) is 1.27. The number of benzene rings is 1. The fraction of sp³-hybridized carbons (Fsp3) is 0.500. The first-order chi connectivity index (χ1) is 7.24. The van der Waals surface area contributed by atoms with Gasteiger partial charge in [0.1, 0.15) is 0 Å². The second-order valence-corrected chi connectivity index (χ2v) is 5.03. The molecule has 4 rings (SSSR count). The van der Waals surface area contributed by atoms with Gasteiger partial charge in [0.2, 0.25) is 0 Å². The summed E-state index contributed by atoms with van der Waals surface area (Å²) in [5, 5.41) is 0.833. The van der Waals surface area contributed by atoms with E-state index in [-0.39, 0.29) is 0 Å². The van der Waals surface area contributed by atoms with Crippen molar-refractivity contribution in [1.82, 2.24) is 4.90 Å². The molecule has 0 aromatic heterocycles. The lowest BCUT2D eigenvalue weighted by molar-refractivity contribution is 0.0264. The van der Waals surface area contributed by atoms with Crippen LogP contribution < -0.4 is 4.90 Å². The highest BCUT2D eigenvalue weighted by atomic mass is 35.5. The first-order valence-corrected chi connectivity index (χ1v) is 5.84. The van der Waals surface area contributed by atoms with Crippen molar-refractivity contribution < 1.29 is 0 Å². The predicted molar refractivity (Wildman–Crippen MR) is 63.6 cm³/mol. The summed E-state index contributed by atoms with van der Waals surface area (Å²) in [5.74, 6) is 0. The molecule has 3 aliphatic rings. The number of anilines is 1. The number of hydrogen-bond acceptors (Lipinski definition) is 2. The molecule has 2 nitrogen and oxygen atoms in total. The van der Waals surface area contributed by atoms with Crippen LogP contribution in [0, 0.1) is 0 Å². The number of nitrogens with zero attached hydrogens (tertiary/aromatic N) is 2. The fourth-order valence-electron chi connectivity index (χ4n) is 2.68. The van der Waals surface area contributed by atoms with Crippen LogP contribution in [0.3, 0.4) is 0 Å². The molecule has 2 unspecified atom stereocenters. The summed E-state index contributed by atoms with van der Waals surface area (Å²) < 4.78 is 0. The maximum atomic E-state index is 6.00. The van der Waals surface area contributed by atoms with Gasteiger partial charge in [-0.2, -0.15) is 0 Å². The van der Waals surface area contributed by atoms with E-state index in [9.17, 15) is 0 Å². The molecule has 2 atom stereocenters. The lowest BCUT2D eigenvalue weighted by Gasteiger charge is -2.55. The zero-order chi connectivity index (χ0) is 10.4. The second kappa shape index (κ2) is 3.39. The fourth-order valence-corrected chi connectivity index (χ4v) is 2.86. The Morgan fingerprint density at radius 2 is 2.00 bits per heavy atom. The summed E-state index contributed by atoms with van der Waals surface area (Å²) in [4.78, 5) is 4.94. The summed E-state index contributed by atoms with van der Waals surface area (Å²) >= 11 is 6.00. The molecule has 0 spiro atoms. The van der Waals surface area contributed by atoms with Crippen LogP contribution in [-0.2, 0) is 0 Å². The predicted octanol–water partition coefficient (Wildman–Crippen LogP) is 2.23. The number of piperidine rings is 1. The lowest BCUT2D eigenvalue weighted by Crippen LogP contribution is -2.67. The SMILES string of the molecule is CN1C2CC1CN(c1cccc(Cl)c1)C2. The highest BCUT2D eigenvalue weighted by Crippen LogP contribution is 2.33. The van der Waals surface area contributed by atoms with Gasteiger partial charge >= 0.3 is 0 Å². The van der Waals surface area contributed by atoms with Crippen molar-refractivity contribution in [2.75, 3.05) is 25.0 Å². The van der Waals surface area contributed by atoms with E-state index in [1.54, 1.807) is 0 Å². The van der Waals surface area contributed by atoms with Gasteiger partial charge in [-0.15, -0.1) is 0 Å². The van der Waals surface area contributed by atoms with Crippen molar-refractivity contribution in [2.24, 2.45) is 0 Å². The first-order valence-electron chi connectivity index (χ1n) is 5.46. The minimum Gasteiger partial charge on any atom is -0.368 e. The lowest BCUT2D eigenvalue weighted by atomic mass is 9.88. The molecule has 15 heavy (non-hydrogen) atoms. The van der Waals surface area contributed by atoms with Gasteiger partial charge < -0.3 is 4.90 Å². The quantitative estimate of drug-likeness (QED) is 0.719. The molecule has 1 aromatic carbocycles. The molecule has 3 aliphatic heterocycles. The number of halogens is 1. The van der Waals surface area contributed by atoms with Crippen molar-refractivity contribution in [3.05, 3.63) is 29.3 Å². The third-order valence-corrected chi connectivity index (χ3v) is 3.97. The van der Waals surface area contributed by atoms with Crippen LogP contribution in [0.15, 0.2) is 24.3 Å². The number of rotatable bonds is 1. The van der Waals surface area contributed by atoms with Crippen molar-refractivity contribution in [3.8, 4) is 0 Å². The van der Waals surface area contributed by atoms with E-state index in [0.29, 0.717) is 0 Å². The standard InChI is InChI=1S/C12H15ClN2/c1-14-11-6-12(14)8-15(7-11)10-4-2-3-9(13)5-10/h2-5,11-12H,6-8H2,1H3. The third kappa shape index (κ3) is 1.52. The van der Waals surface area contributed by atoms with Gasteiger partial charge in [-0.05, 0) is 31.7 Å². The van der Waals surface area contributed by atoms with Gasteiger partial charge in [-0.1, -0.05) is 17.7 Å². The molecule has 3 heteroatoms. The minimum atomic E-state index is 0.753. The largest absolute Gasteiger partial charge is 0.368 e. The summed E-state index contributed by atoms with van der Waals surface area (Å²) in [6, 6.07) is 9.68. The van der Waals surface area contributed by atoms with Crippen molar-refractivity contribution in [2.45, 2.75) is 18.5 Å². The molecule has 1 aromatic rings. The van der Waals surface area contributed by atoms with Crippen LogP contribution in [0.2, 0.25) is 5.02 Å². The normalized spacial score (nSPS) is 30.1. The van der Waals surface area contributed by atoms with E-state index in [1.807, 2.05) is 12.1 Å². The highest BCUT2D eigenvalue weighted by Gasteiger charge is 2.41. The average Bonchev–Trinajstić information content (AvgIpc) is 2.28. The zero-order valence-electron chi connectivity index (χ0n) is 8.86. The number of fused-ring (bicyclic) bond motifs is 2. The van der Waals surface area contributed by atoms with Gasteiger partial charge in [0.15, 0.2) is 0 Å². The Morgan fingerprint density at radius 1 is 1.27 bits per heavy atom. The van der Waals surface area contributed by atoms with E-state index in [2.05, 4.69) is 29.0 Å². The van der Waals surface area contributed by atoms with Crippen LogP contribution in [-0.4, -0.2) is 37.1 Å². The minimum absolute atomic E-state index is 0.753. The van der Waals surface area contributed by atoms with E-state index in [0.717, 1.165) is 30.2 Å². The van der Waals surface area contributed by atoms with Crippen LogP contribution in [0.1, 0.15) is 6.42 Å². The molecule has 0 radical (unpaired) electrons. The van der Waals surface area contributed by atoms with Gasteiger partial charge in [-0.25, -0.2) is 0 Å². The number of hydrogen-bond donors (Lipinski definition) is 0. The summed E-state index contributed by atoms with van der Waals surface area (Å²) in [7, 11) is 2.23. The molecule has 2 bridgehead atoms. The van der Waals surface area contributed by atoms with Crippen LogP contribution in [0.25, 0.3) is 0 Å². The Balaban J connectivity index is 1.79. The monoisotopic (exact) mass is 222 g/mol. The first kappa shape index (κ1) is 9.49. The highest BCUT2D eigenvalue weighted by molar-refractivity contribution is 6.30. The van der Waals surface area contributed by atoms with Gasteiger partial charge in [0, 0.05) is 35.9 Å². The third-order valence-electron chi connectivity index (χ3n) is 3.73. The molecule has 3 saturated heterocycles. The average molecular weight is 223 g/mol. The zero-order valence-corrected chi connectivity index (χ0v) is 9.61. The maximum Gasteiger partial charge on any atom is 0.0426 e. The molecule has 0 amide bonds. The second-order valence-electron chi connectivity index (χ2n) is 4.59. The molecule has 0 saturated carbocycles. The van der Waals surface area contributed by atoms with Gasteiger partial charge in [0.05, 0.1) is 0 Å². The molecular weight excluding hydrogens is 208 g/mol. The summed E-state index contributed by atoms with van der Waals surface area (Å²) in [6.07, 6.45) is 1.37. The summed E-state index contributed by atoms with van der Waals surface area (Å²) in [6.45, 7) is 2.29. The molecule has 3 fully saturated rings. The molecular formula is C12H15ClN2. The van der Waals surface area contributed by atoms with Crippen LogP contribution >= 0.6 is 11.6 Å². The van der Waals surface area contributed by atoms with Crippen LogP contribution in [0.4, 0.5) is 5.69 Å².